The van der Waals surface area contributed by atoms with E-state index in [1.807, 2.05) is 83.3 Å². The van der Waals surface area contributed by atoms with Crippen LogP contribution in [0.25, 0.3) is 0 Å². The molecule has 1 amide bonds. The summed E-state index contributed by atoms with van der Waals surface area (Å²) >= 11 is 1.64. The number of nitrogens with zero attached hydrogens (tertiary/aromatic N) is 4. The number of amides is 1. The zero-order valence-electron chi connectivity index (χ0n) is 15.9. The number of aromatic nitrogens is 2. The Morgan fingerprint density at radius 3 is 2.32 bits per heavy atom. The summed E-state index contributed by atoms with van der Waals surface area (Å²) in [7, 11) is 1.99. The van der Waals surface area contributed by atoms with E-state index in [1.54, 1.807) is 17.1 Å². The number of anilines is 1. The minimum atomic E-state index is -0.123. The van der Waals surface area contributed by atoms with E-state index in [9.17, 15) is 4.79 Å². The quantitative estimate of drug-likeness (QED) is 0.289. The topological polar surface area (TPSA) is 44.4 Å². The summed E-state index contributed by atoms with van der Waals surface area (Å²) in [6.45, 7) is 2.10. The largest absolute Gasteiger partial charge is 1.00 e. The Morgan fingerprint density at radius 1 is 1.11 bits per heavy atom. The van der Waals surface area contributed by atoms with E-state index in [1.165, 1.54) is 12.5 Å². The van der Waals surface area contributed by atoms with Crippen molar-refractivity contribution in [1.82, 2.24) is 14.4 Å². The van der Waals surface area contributed by atoms with Crippen molar-refractivity contribution in [3.8, 4) is 0 Å². The molecule has 0 atom stereocenters. The number of halogens is 1. The van der Waals surface area contributed by atoms with Gasteiger partial charge in [-0.3, -0.25) is 10.2 Å². The molecule has 2 aromatic carbocycles. The number of aryl methyl sites for hydroxylation is 1. The van der Waals surface area contributed by atoms with Gasteiger partial charge in [0.15, 0.2) is 6.67 Å². The lowest BCUT2D eigenvalue weighted by molar-refractivity contribution is -0.671. The Labute approximate surface area is 180 Å². The number of carbonyl (C=O) groups is 1. The second kappa shape index (κ2) is 10.9. The predicted molar refractivity (Wildman–Crippen MR) is 108 cm³/mol. The van der Waals surface area contributed by atoms with Gasteiger partial charge in [0.05, 0.1) is 12.7 Å². The molecule has 0 aliphatic carbocycles. The van der Waals surface area contributed by atoms with Crippen molar-refractivity contribution in [3.63, 3.8) is 0 Å². The first-order valence-electron chi connectivity index (χ1n) is 8.69. The molecule has 0 saturated heterocycles. The molecule has 0 aliphatic rings. The van der Waals surface area contributed by atoms with Crippen molar-refractivity contribution in [2.45, 2.75) is 19.3 Å². The Kier molecular flexibility index (Phi) is 8.56. The van der Waals surface area contributed by atoms with Gasteiger partial charge in [0.25, 0.3) is 0 Å². The van der Waals surface area contributed by atoms with Gasteiger partial charge < -0.3 is 17.0 Å². The molecule has 148 valence electrons. The van der Waals surface area contributed by atoms with E-state index in [2.05, 4.69) is 22.1 Å². The van der Waals surface area contributed by atoms with Gasteiger partial charge in [0.1, 0.15) is 12.4 Å². The number of hydrogen-bond donors (Lipinski definition) is 1. The lowest BCUT2D eigenvalue weighted by Crippen LogP contribution is -3.00. The highest BCUT2D eigenvalue weighted by atomic mass is 79.9. The van der Waals surface area contributed by atoms with Crippen LogP contribution < -0.4 is 32.1 Å². The third-order valence-corrected chi connectivity index (χ3v) is 4.86. The maximum absolute atomic E-state index is 11.9. The van der Waals surface area contributed by atoms with E-state index in [4.69, 9.17) is 0 Å². The van der Waals surface area contributed by atoms with E-state index >= 15 is 0 Å². The maximum Gasteiger partial charge on any atom is 0.244 e. The molecule has 28 heavy (non-hydrogen) atoms. The smallest absolute Gasteiger partial charge is 0.244 e. The van der Waals surface area contributed by atoms with Crippen LogP contribution in [0.3, 0.4) is 0 Å². The average Bonchev–Trinajstić information content (AvgIpc) is 3.09. The van der Waals surface area contributed by atoms with Gasteiger partial charge >= 0.3 is 0 Å². The van der Waals surface area contributed by atoms with Gasteiger partial charge in [-0.15, -0.1) is 4.41 Å². The molecule has 0 aliphatic heterocycles. The number of nitrogens with one attached hydrogen (secondary N) is 1. The zero-order chi connectivity index (χ0) is 19.1. The van der Waals surface area contributed by atoms with E-state index in [0.717, 1.165) is 11.4 Å². The van der Waals surface area contributed by atoms with Crippen LogP contribution in [-0.4, -0.2) is 14.9 Å². The number of hydrazine groups is 2. The SMILES string of the molecule is CC(=O)NN(c1ccccc1)N(Cn1cc[n+](C)c1)SCc1ccccc1.[Br-]. The molecule has 0 fully saturated rings. The molecule has 1 N–H and O–H groups in total. The monoisotopic (exact) mass is 461 g/mol. The summed E-state index contributed by atoms with van der Waals surface area (Å²) in [5.41, 5.74) is 5.06. The first-order chi connectivity index (χ1) is 13.1. The first-order valence-corrected chi connectivity index (χ1v) is 9.64. The fourth-order valence-corrected chi connectivity index (χ4v) is 3.53. The third-order valence-electron chi connectivity index (χ3n) is 3.82. The second-order valence-electron chi connectivity index (χ2n) is 6.16. The molecule has 0 radical (unpaired) electrons. The zero-order valence-corrected chi connectivity index (χ0v) is 18.3. The highest BCUT2D eigenvalue weighted by Gasteiger charge is 2.21. The maximum atomic E-state index is 11.9. The molecule has 0 unspecified atom stereocenters. The number of carbonyl (C=O) groups excluding carboxylic acids is 1. The van der Waals surface area contributed by atoms with Crippen molar-refractivity contribution in [1.29, 1.82) is 0 Å². The van der Waals surface area contributed by atoms with Crippen LogP contribution >= 0.6 is 11.9 Å². The molecule has 0 bridgehead atoms. The number of hydrogen-bond acceptors (Lipinski definition) is 4. The Bertz CT molecular complexity index is 859. The molecule has 8 heteroatoms. The van der Waals surface area contributed by atoms with Gasteiger partial charge in [-0.25, -0.2) is 14.3 Å². The Morgan fingerprint density at radius 2 is 1.75 bits per heavy atom. The molecular formula is C20H24BrN5OS. The van der Waals surface area contributed by atoms with Crippen LogP contribution in [-0.2, 0) is 24.3 Å². The van der Waals surface area contributed by atoms with Crippen LogP contribution in [0.1, 0.15) is 12.5 Å². The van der Waals surface area contributed by atoms with Gasteiger partial charge in [0, 0.05) is 12.7 Å². The highest BCUT2D eigenvalue weighted by molar-refractivity contribution is 7.96. The minimum absolute atomic E-state index is 0. The van der Waals surface area contributed by atoms with Crippen molar-refractivity contribution in [2.24, 2.45) is 7.05 Å². The molecule has 1 aromatic heterocycles. The predicted octanol–water partition coefficient (Wildman–Crippen LogP) is -0.103. The standard InChI is InChI=1S/C20H23N5OS.BrH/c1-18(26)21-25(20-11-7-4-8-12-20)24(17-23-14-13-22(2)16-23)27-15-19-9-5-3-6-10-19;/h3-14,16H,15,17H2,1-2H3;1H. The first kappa shape index (κ1) is 22.0. The number of para-hydroxylation sites is 1. The fraction of sp³-hybridized carbons (Fsp3) is 0.200. The van der Waals surface area contributed by atoms with Crippen LogP contribution in [0.2, 0.25) is 0 Å². The minimum Gasteiger partial charge on any atom is -1.00 e. The summed E-state index contributed by atoms with van der Waals surface area (Å²) in [6.07, 6.45) is 6.01. The van der Waals surface area contributed by atoms with E-state index < -0.39 is 0 Å². The van der Waals surface area contributed by atoms with E-state index in [-0.39, 0.29) is 22.9 Å². The molecular weight excluding hydrogens is 438 g/mol. The Hall–Kier alpha value is -2.29. The highest BCUT2D eigenvalue weighted by Crippen LogP contribution is 2.24. The number of rotatable bonds is 8. The van der Waals surface area contributed by atoms with Crippen molar-refractivity contribution < 1.29 is 26.3 Å². The van der Waals surface area contributed by atoms with Crippen LogP contribution in [0.15, 0.2) is 79.4 Å². The van der Waals surface area contributed by atoms with Gasteiger partial charge in [-0.05, 0) is 29.6 Å². The molecule has 3 aromatic rings. The van der Waals surface area contributed by atoms with Crippen LogP contribution in [0, 0.1) is 0 Å². The summed E-state index contributed by atoms with van der Waals surface area (Å²) in [6, 6.07) is 20.1. The summed E-state index contributed by atoms with van der Waals surface area (Å²) in [5.74, 6) is 0.666. The number of benzene rings is 2. The number of imidazole rings is 1. The van der Waals surface area contributed by atoms with Gasteiger partial charge in [-0.1, -0.05) is 48.5 Å². The third kappa shape index (κ3) is 6.40. The van der Waals surface area contributed by atoms with Gasteiger partial charge in [-0.2, -0.15) is 0 Å². The molecule has 0 spiro atoms. The van der Waals surface area contributed by atoms with Gasteiger partial charge in [0.2, 0.25) is 12.2 Å². The van der Waals surface area contributed by atoms with Crippen LogP contribution in [0.4, 0.5) is 5.69 Å². The molecule has 0 saturated carbocycles. The summed E-state index contributed by atoms with van der Waals surface area (Å²) in [4.78, 5) is 11.9. The second-order valence-corrected chi connectivity index (χ2v) is 7.13. The van der Waals surface area contributed by atoms with Crippen LogP contribution in [0.5, 0.6) is 0 Å². The van der Waals surface area contributed by atoms with Crippen molar-refractivity contribution in [3.05, 3.63) is 84.9 Å². The lowest BCUT2D eigenvalue weighted by atomic mass is 10.2. The summed E-state index contributed by atoms with van der Waals surface area (Å²) in [5, 5.41) is 1.80. The van der Waals surface area contributed by atoms with Crippen molar-refractivity contribution >= 4 is 23.5 Å². The molecule has 6 nitrogen and oxygen atoms in total. The Balaban J connectivity index is 0.00000280. The normalized spacial score (nSPS) is 10.4. The summed E-state index contributed by atoms with van der Waals surface area (Å²) < 4.78 is 6.10. The van der Waals surface area contributed by atoms with E-state index in [0.29, 0.717) is 6.67 Å². The fourth-order valence-electron chi connectivity index (χ4n) is 2.58. The molecule has 3 rings (SSSR count). The molecule has 1 heterocycles. The lowest BCUT2D eigenvalue weighted by Gasteiger charge is -2.33. The van der Waals surface area contributed by atoms with Crippen molar-refractivity contribution in [2.75, 3.05) is 5.12 Å². The average molecular weight is 462 g/mol.